The molecule has 9 nitrogen and oxygen atoms in total. The molecule has 0 radical (unpaired) electrons. The molecule has 1 saturated heterocycles. The van der Waals surface area contributed by atoms with Gasteiger partial charge >= 0.3 is 6.09 Å². The fraction of sp³-hybridized carbons (Fsp3) is 0.303. The van der Waals surface area contributed by atoms with E-state index in [0.717, 1.165) is 42.1 Å². The molecule has 4 aromatic rings. The van der Waals surface area contributed by atoms with E-state index in [4.69, 9.17) is 9.47 Å². The van der Waals surface area contributed by atoms with Crippen LogP contribution in [0.1, 0.15) is 36.7 Å². The molecule has 1 fully saturated rings. The summed E-state index contributed by atoms with van der Waals surface area (Å²) in [5, 5.41) is 7.87. The van der Waals surface area contributed by atoms with Gasteiger partial charge in [0.1, 0.15) is 18.0 Å². The Bertz CT molecular complexity index is 1620. The maximum Gasteiger partial charge on any atom is 0.435 e. The molecule has 2 heterocycles. The molecule has 3 aromatic carbocycles. The molecule has 1 amide bonds. The average Bonchev–Trinajstić information content (AvgIpc) is 3.33. The maximum atomic E-state index is 13.2. The number of aromatic nitrogens is 2. The molecule has 0 atom stereocenters. The molecule has 216 valence electrons. The quantitative estimate of drug-likeness (QED) is 0.331. The van der Waals surface area contributed by atoms with Gasteiger partial charge in [0.2, 0.25) is 0 Å². The monoisotopic (exact) mass is 565 g/mol. The lowest BCUT2D eigenvalue weighted by Crippen LogP contribution is -2.44. The molecule has 0 saturated carbocycles. The van der Waals surface area contributed by atoms with Crippen LogP contribution in [0.3, 0.4) is 0 Å². The number of nitrogens with one attached hydrogen (secondary N) is 1. The van der Waals surface area contributed by atoms with E-state index in [-0.39, 0.29) is 18.3 Å². The third-order valence-electron chi connectivity index (χ3n) is 6.77. The Morgan fingerprint density at radius 1 is 0.952 bits per heavy atom. The summed E-state index contributed by atoms with van der Waals surface area (Å²) in [7, 11) is 2.12. The standard InChI is InChI=1S/C33H35N5O4/c1-33(2,3)42-32(40)38-29-23-27(41-22-8-11-24-9-6-5-7-10-24)16-17-28(29)30(35-38)34-31(39)25-12-14-26(15-13-25)37-20-18-36(4)19-21-37/h5-7,9-10,12-17,23H,18-22H2,1-4H3,(H,34,35,39). The van der Waals surface area contributed by atoms with Gasteiger partial charge in [-0.05, 0) is 76.3 Å². The molecule has 0 aliphatic carbocycles. The summed E-state index contributed by atoms with van der Waals surface area (Å²) in [6.07, 6.45) is -0.662. The SMILES string of the molecule is CN1CCN(c2ccc(C(=O)Nc3nn(C(=O)OC(C)(C)C)c4cc(OCC#Cc5ccccc5)ccc34)cc2)CC1. The van der Waals surface area contributed by atoms with Crippen molar-refractivity contribution >= 4 is 34.4 Å². The Kier molecular flexibility index (Phi) is 8.46. The first kappa shape index (κ1) is 28.7. The molecule has 1 aliphatic rings. The number of likely N-dealkylation sites (N-methyl/N-ethyl adjacent to an activating group) is 1. The molecule has 0 unspecified atom stereocenters. The molecule has 0 spiro atoms. The van der Waals surface area contributed by atoms with Crippen LogP contribution in [0, 0.1) is 11.8 Å². The molecule has 1 aromatic heterocycles. The average molecular weight is 566 g/mol. The molecule has 1 aliphatic heterocycles. The van der Waals surface area contributed by atoms with Gasteiger partial charge in [-0.25, -0.2) is 4.79 Å². The van der Waals surface area contributed by atoms with Crippen LogP contribution >= 0.6 is 0 Å². The van der Waals surface area contributed by atoms with E-state index in [1.807, 2.05) is 42.5 Å². The van der Waals surface area contributed by atoms with Crippen molar-refractivity contribution in [3.8, 4) is 17.6 Å². The number of hydrogen-bond donors (Lipinski definition) is 1. The van der Waals surface area contributed by atoms with Crippen molar-refractivity contribution in [2.75, 3.05) is 50.1 Å². The first-order valence-electron chi connectivity index (χ1n) is 13.9. The van der Waals surface area contributed by atoms with Crippen LogP contribution in [0.5, 0.6) is 5.75 Å². The predicted octanol–water partition coefficient (Wildman–Crippen LogP) is 5.25. The molecule has 42 heavy (non-hydrogen) atoms. The molecular weight excluding hydrogens is 530 g/mol. The van der Waals surface area contributed by atoms with Gasteiger partial charge in [0.25, 0.3) is 5.91 Å². The summed E-state index contributed by atoms with van der Waals surface area (Å²) >= 11 is 0. The Hall–Kier alpha value is -4.81. The summed E-state index contributed by atoms with van der Waals surface area (Å²) in [5.41, 5.74) is 2.18. The number of fused-ring (bicyclic) bond motifs is 1. The van der Waals surface area contributed by atoms with Gasteiger partial charge in [-0.1, -0.05) is 30.0 Å². The minimum Gasteiger partial charge on any atom is -0.481 e. The first-order chi connectivity index (χ1) is 20.2. The van der Waals surface area contributed by atoms with Crippen LogP contribution in [0.25, 0.3) is 10.9 Å². The highest BCUT2D eigenvalue weighted by Crippen LogP contribution is 2.28. The summed E-state index contributed by atoms with van der Waals surface area (Å²) in [6.45, 7) is 9.41. The van der Waals surface area contributed by atoms with Crippen LogP contribution in [-0.2, 0) is 4.74 Å². The highest BCUT2D eigenvalue weighted by molar-refractivity contribution is 6.09. The minimum absolute atomic E-state index is 0.161. The van der Waals surface area contributed by atoms with E-state index in [9.17, 15) is 9.59 Å². The largest absolute Gasteiger partial charge is 0.481 e. The molecular formula is C33H35N5O4. The van der Waals surface area contributed by atoms with Gasteiger partial charge in [-0.15, -0.1) is 5.10 Å². The van der Waals surface area contributed by atoms with E-state index in [1.54, 1.807) is 51.1 Å². The van der Waals surface area contributed by atoms with Gasteiger partial charge < -0.3 is 24.6 Å². The van der Waals surface area contributed by atoms with Gasteiger partial charge in [-0.2, -0.15) is 4.68 Å². The van der Waals surface area contributed by atoms with Crippen LogP contribution < -0.4 is 15.0 Å². The Balaban J connectivity index is 1.35. The number of amides is 1. The Labute approximate surface area is 246 Å². The van der Waals surface area contributed by atoms with Crippen molar-refractivity contribution in [2.24, 2.45) is 0 Å². The topological polar surface area (TPSA) is 88.9 Å². The van der Waals surface area contributed by atoms with Crippen LogP contribution in [0.2, 0.25) is 0 Å². The number of carbonyl (C=O) groups is 2. The van der Waals surface area contributed by atoms with Gasteiger partial charge in [0.05, 0.1) is 5.52 Å². The lowest BCUT2D eigenvalue weighted by Gasteiger charge is -2.34. The lowest BCUT2D eigenvalue weighted by atomic mass is 10.1. The summed E-state index contributed by atoms with van der Waals surface area (Å²) in [5.74, 6) is 6.48. The maximum absolute atomic E-state index is 13.2. The summed E-state index contributed by atoms with van der Waals surface area (Å²) in [6, 6.07) is 22.4. The zero-order valence-electron chi connectivity index (χ0n) is 24.4. The second-order valence-corrected chi connectivity index (χ2v) is 11.2. The fourth-order valence-electron chi connectivity index (χ4n) is 4.57. The fourth-order valence-corrected chi connectivity index (χ4v) is 4.57. The van der Waals surface area contributed by atoms with Crippen LogP contribution in [0.15, 0.2) is 72.8 Å². The third kappa shape index (κ3) is 7.09. The zero-order chi connectivity index (χ0) is 29.7. The minimum atomic E-state index is -0.731. The van der Waals surface area contributed by atoms with Gasteiger partial charge in [0, 0.05) is 54.4 Å². The second kappa shape index (κ2) is 12.4. The number of rotatable bonds is 5. The van der Waals surface area contributed by atoms with E-state index >= 15 is 0 Å². The highest BCUT2D eigenvalue weighted by Gasteiger charge is 2.24. The smallest absolute Gasteiger partial charge is 0.435 e. The Morgan fingerprint density at radius 2 is 1.67 bits per heavy atom. The van der Waals surface area contributed by atoms with Gasteiger partial charge in [-0.3, -0.25) is 4.79 Å². The number of benzene rings is 3. The van der Waals surface area contributed by atoms with E-state index in [0.29, 0.717) is 22.2 Å². The summed E-state index contributed by atoms with van der Waals surface area (Å²) in [4.78, 5) is 30.9. The molecule has 9 heteroatoms. The van der Waals surface area contributed by atoms with E-state index < -0.39 is 11.7 Å². The lowest BCUT2D eigenvalue weighted by molar-refractivity contribution is 0.0522. The van der Waals surface area contributed by atoms with Crippen molar-refractivity contribution in [3.05, 3.63) is 83.9 Å². The van der Waals surface area contributed by atoms with Crippen molar-refractivity contribution in [2.45, 2.75) is 26.4 Å². The van der Waals surface area contributed by atoms with Crippen molar-refractivity contribution in [3.63, 3.8) is 0 Å². The van der Waals surface area contributed by atoms with Crippen LogP contribution in [-0.4, -0.2) is 72.1 Å². The number of piperazine rings is 1. The highest BCUT2D eigenvalue weighted by atomic mass is 16.6. The number of hydrogen-bond acceptors (Lipinski definition) is 7. The van der Waals surface area contributed by atoms with Gasteiger partial charge in [0.15, 0.2) is 5.82 Å². The van der Waals surface area contributed by atoms with Crippen molar-refractivity contribution < 1.29 is 19.1 Å². The van der Waals surface area contributed by atoms with Crippen molar-refractivity contribution in [1.29, 1.82) is 0 Å². The number of carbonyl (C=O) groups excluding carboxylic acids is 2. The molecule has 0 bridgehead atoms. The zero-order valence-corrected chi connectivity index (χ0v) is 24.4. The van der Waals surface area contributed by atoms with E-state index in [1.165, 1.54) is 0 Å². The number of anilines is 2. The predicted molar refractivity (Wildman–Crippen MR) is 164 cm³/mol. The normalized spacial score (nSPS) is 13.8. The second-order valence-electron chi connectivity index (χ2n) is 11.2. The number of nitrogens with zero attached hydrogens (tertiary/aromatic N) is 4. The van der Waals surface area contributed by atoms with E-state index in [2.05, 4.69) is 39.1 Å². The third-order valence-corrected chi connectivity index (χ3v) is 6.77. The molecule has 5 rings (SSSR count). The number of ether oxygens (including phenoxy) is 2. The molecule has 1 N–H and O–H groups in total. The van der Waals surface area contributed by atoms with Crippen LogP contribution in [0.4, 0.5) is 16.3 Å². The van der Waals surface area contributed by atoms with Crippen molar-refractivity contribution in [1.82, 2.24) is 14.7 Å². The Morgan fingerprint density at radius 3 is 2.36 bits per heavy atom. The first-order valence-corrected chi connectivity index (χ1v) is 13.9. The summed E-state index contributed by atoms with van der Waals surface area (Å²) < 4.78 is 12.6.